The van der Waals surface area contributed by atoms with Gasteiger partial charge in [0.1, 0.15) is 0 Å². The van der Waals surface area contributed by atoms with Crippen molar-refractivity contribution in [2.45, 2.75) is 57.9 Å². The van der Waals surface area contributed by atoms with E-state index in [1.807, 2.05) is 18.5 Å². The van der Waals surface area contributed by atoms with E-state index in [2.05, 4.69) is 23.2 Å². The number of hydrogen-bond acceptors (Lipinski definition) is 3. The van der Waals surface area contributed by atoms with Crippen LogP contribution in [0.5, 0.6) is 0 Å². The third kappa shape index (κ3) is 4.10. The second-order valence-electron chi connectivity index (χ2n) is 7.31. The number of nitrogens with two attached hydrogens (primary N) is 2. The number of aliphatic imine (C=N–C) groups is 1. The monoisotopic (exact) mass is 370 g/mol. The number of benzene rings is 1. The first-order valence-electron chi connectivity index (χ1n) is 9.86. The van der Waals surface area contributed by atoms with Gasteiger partial charge in [-0.15, -0.1) is 0 Å². The molecule has 3 rings (SSSR count). The summed E-state index contributed by atoms with van der Waals surface area (Å²) >= 11 is 0. The Morgan fingerprint density at radius 2 is 1.93 bits per heavy atom. The maximum absolute atomic E-state index is 12.6. The molecule has 0 aliphatic heterocycles. The van der Waals surface area contributed by atoms with Gasteiger partial charge in [0, 0.05) is 18.0 Å². The van der Waals surface area contributed by atoms with Gasteiger partial charge in [0.15, 0.2) is 5.96 Å². The van der Waals surface area contributed by atoms with Crippen LogP contribution in [0.2, 0.25) is 0 Å². The van der Waals surface area contributed by atoms with Crippen molar-refractivity contribution in [3.63, 3.8) is 0 Å². The molecular formula is C21H30N4O2. The molecule has 146 valence electrons. The summed E-state index contributed by atoms with van der Waals surface area (Å²) in [4.78, 5) is 16.7. The number of aryl methyl sites for hydroxylation is 1. The molecule has 0 atom stereocenters. The summed E-state index contributed by atoms with van der Waals surface area (Å²) in [5, 5.41) is 0.897. The van der Waals surface area contributed by atoms with Crippen LogP contribution in [-0.2, 0) is 18.3 Å². The number of nitrogens with zero attached hydrogens (tertiary/aromatic N) is 2. The zero-order valence-electron chi connectivity index (χ0n) is 16.3. The second kappa shape index (κ2) is 8.46. The fraction of sp³-hybridized carbons (Fsp3) is 0.524. The van der Waals surface area contributed by atoms with E-state index in [1.54, 1.807) is 0 Å². The highest BCUT2D eigenvalue weighted by atomic mass is 16.5. The first kappa shape index (κ1) is 19.3. The Hall–Kier alpha value is -2.50. The molecule has 0 saturated heterocycles. The molecule has 1 aliphatic carbocycles. The minimum atomic E-state index is -0.328. The average molecular weight is 370 g/mol. The summed E-state index contributed by atoms with van der Waals surface area (Å²) in [6.45, 7) is 2.39. The van der Waals surface area contributed by atoms with Crippen LogP contribution in [0.1, 0.15) is 73.0 Å². The second-order valence-corrected chi connectivity index (χ2v) is 7.31. The van der Waals surface area contributed by atoms with Crippen LogP contribution in [0.3, 0.4) is 0 Å². The van der Waals surface area contributed by atoms with Gasteiger partial charge in [-0.25, -0.2) is 9.79 Å². The Kier molecular flexibility index (Phi) is 6.04. The largest absolute Gasteiger partial charge is 0.462 e. The van der Waals surface area contributed by atoms with Gasteiger partial charge in [-0.05, 0) is 37.3 Å². The van der Waals surface area contributed by atoms with E-state index in [9.17, 15) is 4.79 Å². The van der Waals surface area contributed by atoms with Crippen LogP contribution in [0.15, 0.2) is 23.2 Å². The standard InChI is InChI=1S/C21H30N4O2/c1-3-27-20(26)19-16-11-10-15(14-8-6-4-5-7-9-14)12-17(16)25(2)18(19)13-24-21(22)23/h10-12,14H,3-9,13H2,1-2H3,(H4,22,23,24). The number of rotatable bonds is 5. The van der Waals surface area contributed by atoms with Crippen molar-refractivity contribution in [2.24, 2.45) is 23.5 Å². The Morgan fingerprint density at radius 1 is 1.22 bits per heavy atom. The van der Waals surface area contributed by atoms with Crippen molar-refractivity contribution in [2.75, 3.05) is 6.61 Å². The quantitative estimate of drug-likeness (QED) is 0.364. The number of carbonyl (C=O) groups is 1. The molecular weight excluding hydrogens is 340 g/mol. The molecule has 6 nitrogen and oxygen atoms in total. The van der Waals surface area contributed by atoms with Gasteiger partial charge >= 0.3 is 5.97 Å². The van der Waals surface area contributed by atoms with Gasteiger partial charge in [0.25, 0.3) is 0 Å². The first-order chi connectivity index (χ1) is 13.0. The number of hydrogen-bond donors (Lipinski definition) is 2. The summed E-state index contributed by atoms with van der Waals surface area (Å²) < 4.78 is 7.32. The minimum absolute atomic E-state index is 0.00853. The van der Waals surface area contributed by atoms with E-state index in [-0.39, 0.29) is 18.5 Å². The number of esters is 1. The van der Waals surface area contributed by atoms with E-state index >= 15 is 0 Å². The van der Waals surface area contributed by atoms with Gasteiger partial charge in [0.2, 0.25) is 0 Å². The summed E-state index contributed by atoms with van der Waals surface area (Å²) in [6, 6.07) is 6.46. The van der Waals surface area contributed by atoms with Gasteiger partial charge in [-0.3, -0.25) is 0 Å². The molecule has 1 aliphatic rings. The smallest absolute Gasteiger partial charge is 0.340 e. The van der Waals surface area contributed by atoms with Crippen molar-refractivity contribution >= 4 is 22.8 Å². The third-order valence-corrected chi connectivity index (χ3v) is 5.56. The lowest BCUT2D eigenvalue weighted by Crippen LogP contribution is -2.23. The molecule has 0 bridgehead atoms. The van der Waals surface area contributed by atoms with Crippen LogP contribution in [0.25, 0.3) is 10.9 Å². The first-order valence-corrected chi connectivity index (χ1v) is 9.86. The van der Waals surface area contributed by atoms with Crippen molar-refractivity contribution < 1.29 is 9.53 Å². The fourth-order valence-electron chi connectivity index (χ4n) is 4.16. The number of fused-ring (bicyclic) bond motifs is 1. The van der Waals surface area contributed by atoms with Gasteiger partial charge in [0.05, 0.1) is 24.4 Å². The molecule has 1 heterocycles. The maximum Gasteiger partial charge on any atom is 0.340 e. The van der Waals surface area contributed by atoms with Crippen LogP contribution in [0.4, 0.5) is 0 Å². The lowest BCUT2D eigenvalue weighted by Gasteiger charge is -2.15. The SMILES string of the molecule is CCOC(=O)c1c(CN=C(N)N)n(C)c2cc(C3CCCCCC3)ccc12. The van der Waals surface area contributed by atoms with Crippen LogP contribution in [-0.4, -0.2) is 23.1 Å². The number of carbonyl (C=O) groups excluding carboxylic acids is 1. The number of ether oxygens (including phenoxy) is 1. The molecule has 1 saturated carbocycles. The van der Waals surface area contributed by atoms with Crippen molar-refractivity contribution in [3.8, 4) is 0 Å². The molecule has 27 heavy (non-hydrogen) atoms. The summed E-state index contributed by atoms with van der Waals surface area (Å²) in [7, 11) is 1.96. The highest BCUT2D eigenvalue weighted by Crippen LogP contribution is 2.35. The molecule has 1 aromatic carbocycles. The van der Waals surface area contributed by atoms with E-state index in [1.165, 1.54) is 44.1 Å². The van der Waals surface area contributed by atoms with E-state index in [4.69, 9.17) is 16.2 Å². The molecule has 1 fully saturated rings. The third-order valence-electron chi connectivity index (χ3n) is 5.56. The summed E-state index contributed by atoms with van der Waals surface area (Å²) in [5.41, 5.74) is 14.7. The molecule has 0 unspecified atom stereocenters. The molecule has 4 N–H and O–H groups in total. The predicted molar refractivity (Wildman–Crippen MR) is 109 cm³/mol. The summed E-state index contributed by atoms with van der Waals surface area (Å²) in [5.74, 6) is 0.277. The topological polar surface area (TPSA) is 95.6 Å². The van der Waals surface area contributed by atoms with Crippen LogP contribution < -0.4 is 11.5 Å². The lowest BCUT2D eigenvalue weighted by atomic mass is 9.91. The van der Waals surface area contributed by atoms with Gasteiger partial charge < -0.3 is 20.8 Å². The maximum atomic E-state index is 12.6. The average Bonchev–Trinajstić information content (AvgIpc) is 2.82. The van der Waals surface area contributed by atoms with Gasteiger partial charge in [-0.1, -0.05) is 37.8 Å². The van der Waals surface area contributed by atoms with Gasteiger partial charge in [-0.2, -0.15) is 0 Å². The zero-order chi connectivity index (χ0) is 19.4. The molecule has 6 heteroatoms. The van der Waals surface area contributed by atoms with E-state index < -0.39 is 0 Å². The molecule has 0 radical (unpaired) electrons. The number of aromatic nitrogens is 1. The minimum Gasteiger partial charge on any atom is -0.462 e. The Morgan fingerprint density at radius 3 is 2.56 bits per heavy atom. The van der Waals surface area contributed by atoms with Crippen LogP contribution in [0, 0.1) is 0 Å². The number of guanidine groups is 1. The van der Waals surface area contributed by atoms with Crippen LogP contribution >= 0.6 is 0 Å². The Labute approximate surface area is 160 Å². The van der Waals surface area contributed by atoms with Crippen molar-refractivity contribution in [3.05, 3.63) is 35.0 Å². The Balaban J connectivity index is 2.08. The normalized spacial score (nSPS) is 15.5. The molecule has 0 spiro atoms. The van der Waals surface area contributed by atoms with Crippen molar-refractivity contribution in [1.82, 2.24) is 4.57 Å². The zero-order valence-corrected chi connectivity index (χ0v) is 16.3. The van der Waals surface area contributed by atoms with E-state index in [0.29, 0.717) is 18.1 Å². The molecule has 2 aromatic rings. The lowest BCUT2D eigenvalue weighted by molar-refractivity contribution is 0.0527. The Bertz CT molecular complexity index is 841. The molecule has 0 amide bonds. The summed E-state index contributed by atoms with van der Waals surface area (Å²) in [6.07, 6.45) is 7.72. The van der Waals surface area contributed by atoms with Crippen molar-refractivity contribution in [1.29, 1.82) is 0 Å². The highest BCUT2D eigenvalue weighted by Gasteiger charge is 2.23. The highest BCUT2D eigenvalue weighted by molar-refractivity contribution is 6.06. The van der Waals surface area contributed by atoms with E-state index in [0.717, 1.165) is 16.6 Å². The predicted octanol–water partition coefficient (Wildman–Crippen LogP) is 3.57. The molecule has 1 aromatic heterocycles. The fourth-order valence-corrected chi connectivity index (χ4v) is 4.16.